The van der Waals surface area contributed by atoms with E-state index in [1.807, 2.05) is 0 Å². The second kappa shape index (κ2) is 4.13. The molecule has 2 fully saturated rings. The van der Waals surface area contributed by atoms with Crippen LogP contribution in [0.5, 0.6) is 0 Å². The third-order valence-electron chi connectivity index (χ3n) is 3.10. The molecule has 1 saturated carbocycles. The molecule has 78 valence electrons. The van der Waals surface area contributed by atoms with Crippen molar-refractivity contribution in [2.24, 2.45) is 5.92 Å². The lowest BCUT2D eigenvalue weighted by Gasteiger charge is -2.31. The highest BCUT2D eigenvalue weighted by Gasteiger charge is 2.35. The van der Waals surface area contributed by atoms with Crippen LogP contribution >= 0.6 is 0 Å². The number of ether oxygens (including phenoxy) is 2. The standard InChI is InChI=1S/C11H16O3/c1-2-10(12)14-11-7-6-8-4-3-5-9(8)13-11/h2,8-9,11H,1,3-7H2. The Labute approximate surface area is 84.1 Å². The number of carbonyl (C=O) groups is 1. The van der Waals surface area contributed by atoms with Crippen LogP contribution in [-0.4, -0.2) is 18.4 Å². The Kier molecular flexibility index (Phi) is 2.87. The summed E-state index contributed by atoms with van der Waals surface area (Å²) in [5.74, 6) is 0.320. The van der Waals surface area contributed by atoms with E-state index in [9.17, 15) is 4.79 Å². The third kappa shape index (κ3) is 1.98. The van der Waals surface area contributed by atoms with Crippen molar-refractivity contribution >= 4 is 5.97 Å². The Bertz CT molecular complexity index is 237. The summed E-state index contributed by atoms with van der Waals surface area (Å²) < 4.78 is 10.8. The highest BCUT2D eigenvalue weighted by atomic mass is 16.7. The molecule has 14 heavy (non-hydrogen) atoms. The predicted octanol–water partition coefficient (Wildman–Crippen LogP) is 2.02. The summed E-state index contributed by atoms with van der Waals surface area (Å²) in [5.41, 5.74) is 0. The number of rotatable bonds is 2. The van der Waals surface area contributed by atoms with Crippen molar-refractivity contribution in [3.8, 4) is 0 Å². The van der Waals surface area contributed by atoms with Gasteiger partial charge in [0.05, 0.1) is 6.10 Å². The first-order chi connectivity index (χ1) is 6.79. The van der Waals surface area contributed by atoms with E-state index in [0.717, 1.165) is 19.3 Å². The molecule has 2 aliphatic rings. The summed E-state index contributed by atoms with van der Waals surface area (Å²) in [6.07, 6.45) is 6.77. The highest BCUT2D eigenvalue weighted by molar-refractivity contribution is 5.81. The van der Waals surface area contributed by atoms with E-state index in [2.05, 4.69) is 6.58 Å². The van der Waals surface area contributed by atoms with Crippen LogP contribution < -0.4 is 0 Å². The van der Waals surface area contributed by atoms with Gasteiger partial charge in [0.1, 0.15) is 0 Å². The maximum absolute atomic E-state index is 11.0. The SMILES string of the molecule is C=CC(=O)OC1CCC2CCCC2O1. The van der Waals surface area contributed by atoms with Crippen molar-refractivity contribution in [2.75, 3.05) is 0 Å². The first-order valence-electron chi connectivity index (χ1n) is 5.28. The van der Waals surface area contributed by atoms with E-state index in [0.29, 0.717) is 12.0 Å². The lowest BCUT2D eigenvalue weighted by Crippen LogP contribution is -2.34. The van der Waals surface area contributed by atoms with Crippen LogP contribution in [0.15, 0.2) is 12.7 Å². The van der Waals surface area contributed by atoms with Crippen molar-refractivity contribution in [1.82, 2.24) is 0 Å². The van der Waals surface area contributed by atoms with Crippen LogP contribution in [-0.2, 0) is 14.3 Å². The summed E-state index contributed by atoms with van der Waals surface area (Å²) in [6, 6.07) is 0. The largest absolute Gasteiger partial charge is 0.433 e. The zero-order valence-corrected chi connectivity index (χ0v) is 8.28. The van der Waals surface area contributed by atoms with Gasteiger partial charge in [-0.3, -0.25) is 0 Å². The fourth-order valence-electron chi connectivity index (χ4n) is 2.39. The molecule has 0 radical (unpaired) electrons. The normalized spacial score (nSPS) is 36.1. The molecule has 3 heteroatoms. The van der Waals surface area contributed by atoms with Crippen molar-refractivity contribution in [3.63, 3.8) is 0 Å². The Hall–Kier alpha value is -0.830. The first kappa shape index (κ1) is 9.71. The molecule has 2 rings (SSSR count). The van der Waals surface area contributed by atoms with Crippen LogP contribution in [0.2, 0.25) is 0 Å². The van der Waals surface area contributed by atoms with Gasteiger partial charge in [-0.2, -0.15) is 0 Å². The highest BCUT2D eigenvalue weighted by Crippen LogP contribution is 2.37. The van der Waals surface area contributed by atoms with Crippen molar-refractivity contribution in [1.29, 1.82) is 0 Å². The Balaban J connectivity index is 1.85. The molecule has 0 bridgehead atoms. The molecule has 1 aliphatic heterocycles. The monoisotopic (exact) mass is 196 g/mol. The molecular formula is C11H16O3. The number of fused-ring (bicyclic) bond motifs is 1. The smallest absolute Gasteiger partial charge is 0.332 e. The van der Waals surface area contributed by atoms with Crippen LogP contribution in [0.4, 0.5) is 0 Å². The van der Waals surface area contributed by atoms with Crippen molar-refractivity contribution < 1.29 is 14.3 Å². The minimum Gasteiger partial charge on any atom is -0.433 e. The van der Waals surface area contributed by atoms with Gasteiger partial charge in [-0.25, -0.2) is 4.79 Å². The maximum Gasteiger partial charge on any atom is 0.332 e. The van der Waals surface area contributed by atoms with Crippen molar-refractivity contribution in [3.05, 3.63) is 12.7 Å². The van der Waals surface area contributed by atoms with E-state index < -0.39 is 0 Å². The Morgan fingerprint density at radius 1 is 1.36 bits per heavy atom. The molecule has 3 unspecified atom stereocenters. The van der Waals surface area contributed by atoms with Crippen LogP contribution in [0.25, 0.3) is 0 Å². The zero-order valence-electron chi connectivity index (χ0n) is 8.28. The predicted molar refractivity (Wildman–Crippen MR) is 51.5 cm³/mol. The number of hydrogen-bond acceptors (Lipinski definition) is 3. The molecule has 0 aromatic heterocycles. The summed E-state index contributed by atoms with van der Waals surface area (Å²) >= 11 is 0. The third-order valence-corrected chi connectivity index (χ3v) is 3.10. The molecule has 1 aliphatic carbocycles. The quantitative estimate of drug-likeness (QED) is 0.500. The molecule has 0 aromatic rings. The van der Waals surface area contributed by atoms with Gasteiger partial charge in [0.15, 0.2) is 0 Å². The fourth-order valence-corrected chi connectivity index (χ4v) is 2.39. The average molecular weight is 196 g/mol. The lowest BCUT2D eigenvalue weighted by molar-refractivity contribution is -0.204. The van der Waals surface area contributed by atoms with E-state index >= 15 is 0 Å². The zero-order chi connectivity index (χ0) is 9.97. The Morgan fingerprint density at radius 2 is 2.21 bits per heavy atom. The Morgan fingerprint density at radius 3 is 3.00 bits per heavy atom. The van der Waals surface area contributed by atoms with Crippen LogP contribution in [0.3, 0.4) is 0 Å². The van der Waals surface area contributed by atoms with E-state index in [1.54, 1.807) is 0 Å². The topological polar surface area (TPSA) is 35.5 Å². The van der Waals surface area contributed by atoms with Gasteiger partial charge in [-0.05, 0) is 25.2 Å². The molecule has 1 heterocycles. The molecule has 3 nitrogen and oxygen atoms in total. The molecule has 3 atom stereocenters. The summed E-state index contributed by atoms with van der Waals surface area (Å²) in [5, 5.41) is 0. The van der Waals surface area contributed by atoms with Gasteiger partial charge >= 0.3 is 5.97 Å². The van der Waals surface area contributed by atoms with Gasteiger partial charge < -0.3 is 9.47 Å². The lowest BCUT2D eigenvalue weighted by atomic mass is 9.97. The fraction of sp³-hybridized carbons (Fsp3) is 0.727. The summed E-state index contributed by atoms with van der Waals surface area (Å²) in [7, 11) is 0. The minimum absolute atomic E-state index is 0.325. The van der Waals surface area contributed by atoms with Gasteiger partial charge in [-0.1, -0.05) is 13.0 Å². The van der Waals surface area contributed by atoms with E-state index in [1.165, 1.54) is 18.9 Å². The minimum atomic E-state index is -0.383. The summed E-state index contributed by atoms with van der Waals surface area (Å²) in [6.45, 7) is 3.36. The molecule has 0 aromatic carbocycles. The second-order valence-electron chi connectivity index (χ2n) is 4.01. The molecule has 0 amide bonds. The van der Waals surface area contributed by atoms with Gasteiger partial charge in [0.25, 0.3) is 0 Å². The van der Waals surface area contributed by atoms with Gasteiger partial charge in [0.2, 0.25) is 6.29 Å². The van der Waals surface area contributed by atoms with Crippen molar-refractivity contribution in [2.45, 2.75) is 44.5 Å². The molecule has 0 spiro atoms. The number of hydrogen-bond donors (Lipinski definition) is 0. The van der Waals surface area contributed by atoms with Gasteiger partial charge in [0, 0.05) is 12.5 Å². The van der Waals surface area contributed by atoms with E-state index in [-0.39, 0.29) is 12.3 Å². The molecule has 1 saturated heterocycles. The summed E-state index contributed by atoms with van der Waals surface area (Å²) in [4.78, 5) is 11.0. The van der Waals surface area contributed by atoms with E-state index in [4.69, 9.17) is 9.47 Å². The number of carbonyl (C=O) groups excluding carboxylic acids is 1. The van der Waals surface area contributed by atoms with Crippen LogP contribution in [0.1, 0.15) is 32.1 Å². The van der Waals surface area contributed by atoms with Gasteiger partial charge in [-0.15, -0.1) is 0 Å². The molecule has 0 N–H and O–H groups in total. The second-order valence-corrected chi connectivity index (χ2v) is 4.01. The average Bonchev–Trinajstić information content (AvgIpc) is 2.64. The number of esters is 1. The van der Waals surface area contributed by atoms with Crippen LogP contribution in [0, 0.1) is 5.92 Å². The maximum atomic E-state index is 11.0. The first-order valence-corrected chi connectivity index (χ1v) is 5.28. The molecular weight excluding hydrogens is 180 g/mol.